The highest BCUT2D eigenvalue weighted by molar-refractivity contribution is 7.16. The fourth-order valence-electron chi connectivity index (χ4n) is 8.53. The Labute approximate surface area is 255 Å². The van der Waals surface area contributed by atoms with Crippen molar-refractivity contribution in [3.8, 4) is 23.5 Å². The molecule has 0 saturated carbocycles. The van der Waals surface area contributed by atoms with Crippen molar-refractivity contribution in [1.29, 1.82) is 5.26 Å². The number of thiophene rings is 1. The van der Waals surface area contributed by atoms with Gasteiger partial charge in [0.05, 0.1) is 29.9 Å². The Kier molecular flexibility index (Phi) is 6.56. The van der Waals surface area contributed by atoms with Crippen molar-refractivity contribution in [3.63, 3.8) is 0 Å². The van der Waals surface area contributed by atoms with E-state index in [4.69, 9.17) is 34.4 Å². The Morgan fingerprint density at radius 2 is 1.98 bits per heavy atom. The fourth-order valence-corrected chi connectivity index (χ4v) is 9.69. The van der Waals surface area contributed by atoms with E-state index in [0.717, 1.165) is 86.1 Å². The summed E-state index contributed by atoms with van der Waals surface area (Å²) in [5.41, 5.74) is 10.6. The van der Waals surface area contributed by atoms with Gasteiger partial charge in [0.15, 0.2) is 17.3 Å². The van der Waals surface area contributed by atoms with Crippen LogP contribution in [0, 0.1) is 11.3 Å². The molecule has 3 aromatic heterocycles. The van der Waals surface area contributed by atoms with E-state index >= 15 is 0 Å². The van der Waals surface area contributed by atoms with Crippen LogP contribution < -0.4 is 10.5 Å². The van der Waals surface area contributed by atoms with Crippen molar-refractivity contribution in [3.05, 3.63) is 38.6 Å². The number of anilines is 1. The minimum atomic E-state index is -0.601. The van der Waals surface area contributed by atoms with Gasteiger partial charge in [0.1, 0.15) is 22.8 Å². The molecule has 2 spiro atoms. The molecule has 2 aliphatic carbocycles. The van der Waals surface area contributed by atoms with Crippen LogP contribution in [0.2, 0.25) is 0 Å². The lowest BCUT2D eigenvalue weighted by molar-refractivity contribution is -0.0674. The summed E-state index contributed by atoms with van der Waals surface area (Å²) in [5.74, 6) is 1.99. The summed E-state index contributed by atoms with van der Waals surface area (Å²) in [6.07, 6.45) is 9.26. The molecule has 8 rings (SSSR count). The summed E-state index contributed by atoms with van der Waals surface area (Å²) < 4.78 is 25.3. The standard InChI is InChI=1S/C32H38N6O4S/c1-18(22-7-5-13-38(22)2)41-30-20-9-14-40-32(12-15-39-17-32)26(20)35-29(36-30)25-19-6-3-10-31(27(19)42-37-25)11-4-8-23-24(31)21(16-33)28(34)43-23/h18,22H,3-15,17,34H2,1-2H3/t18-,22-,31-,32+/m0/s1. The molecule has 2 N–H and O–H groups in total. The summed E-state index contributed by atoms with van der Waals surface area (Å²) in [4.78, 5) is 13.9. The second kappa shape index (κ2) is 10.3. The summed E-state index contributed by atoms with van der Waals surface area (Å²) in [6, 6.07) is 2.75. The predicted molar refractivity (Wildman–Crippen MR) is 160 cm³/mol. The van der Waals surface area contributed by atoms with Gasteiger partial charge >= 0.3 is 0 Å². The minimum absolute atomic E-state index is 0.0263. The number of nitrogens with two attached hydrogens (primary N) is 1. The third kappa shape index (κ3) is 4.10. The second-order valence-corrected chi connectivity index (χ2v) is 14.1. The van der Waals surface area contributed by atoms with E-state index in [9.17, 15) is 5.26 Å². The second-order valence-electron chi connectivity index (χ2n) is 13.0. The van der Waals surface area contributed by atoms with E-state index in [-0.39, 0.29) is 6.10 Å². The first kappa shape index (κ1) is 27.5. The number of nitrogens with zero attached hydrogens (tertiary/aromatic N) is 5. The molecule has 226 valence electrons. The molecule has 0 radical (unpaired) electrons. The zero-order valence-corrected chi connectivity index (χ0v) is 25.7. The Balaban J connectivity index is 1.26. The highest BCUT2D eigenvalue weighted by Crippen LogP contribution is 2.55. The smallest absolute Gasteiger partial charge is 0.221 e. The maximum absolute atomic E-state index is 10.1. The Morgan fingerprint density at radius 1 is 1.12 bits per heavy atom. The van der Waals surface area contributed by atoms with Gasteiger partial charge in [0, 0.05) is 41.5 Å². The summed E-state index contributed by atoms with van der Waals surface area (Å²) >= 11 is 1.55. The van der Waals surface area contributed by atoms with Gasteiger partial charge < -0.3 is 24.5 Å². The number of fused-ring (bicyclic) bond motifs is 6. The number of nitriles is 1. The van der Waals surface area contributed by atoms with Crippen molar-refractivity contribution in [1.82, 2.24) is 20.0 Å². The quantitative estimate of drug-likeness (QED) is 0.450. The van der Waals surface area contributed by atoms with Gasteiger partial charge in [0.25, 0.3) is 0 Å². The summed E-state index contributed by atoms with van der Waals surface area (Å²) in [6.45, 7) is 4.92. The van der Waals surface area contributed by atoms with Gasteiger partial charge in [0.2, 0.25) is 5.88 Å². The fraction of sp³-hybridized carbons (Fsp3) is 0.625. The van der Waals surface area contributed by atoms with Crippen molar-refractivity contribution >= 4 is 16.3 Å². The van der Waals surface area contributed by atoms with Crippen molar-refractivity contribution in [2.24, 2.45) is 0 Å². The highest BCUT2D eigenvalue weighted by atomic mass is 32.1. The summed E-state index contributed by atoms with van der Waals surface area (Å²) in [7, 11) is 2.17. The number of rotatable bonds is 4. The third-order valence-corrected chi connectivity index (χ3v) is 11.7. The van der Waals surface area contributed by atoms with Gasteiger partial charge in [-0.1, -0.05) is 5.16 Å². The highest BCUT2D eigenvalue weighted by Gasteiger charge is 2.50. The van der Waals surface area contributed by atoms with Crippen molar-refractivity contribution in [2.45, 2.75) is 94.3 Å². The zero-order chi connectivity index (χ0) is 29.3. The van der Waals surface area contributed by atoms with Crippen LogP contribution in [-0.2, 0) is 39.8 Å². The maximum atomic E-state index is 10.1. The Bertz CT molecular complexity index is 1620. The average Bonchev–Trinajstić information content (AvgIpc) is 3.80. The number of aromatic nitrogens is 3. The monoisotopic (exact) mass is 602 g/mol. The van der Waals surface area contributed by atoms with Crippen LogP contribution in [0.4, 0.5) is 5.00 Å². The van der Waals surface area contributed by atoms with Crippen LogP contribution in [0.25, 0.3) is 11.5 Å². The molecule has 43 heavy (non-hydrogen) atoms. The first-order valence-electron chi connectivity index (χ1n) is 15.8. The van der Waals surface area contributed by atoms with Crippen molar-refractivity contribution in [2.75, 3.05) is 39.1 Å². The molecule has 2 saturated heterocycles. The van der Waals surface area contributed by atoms with E-state index < -0.39 is 11.0 Å². The van der Waals surface area contributed by atoms with E-state index in [1.54, 1.807) is 11.3 Å². The first-order valence-corrected chi connectivity index (χ1v) is 16.6. The zero-order valence-electron chi connectivity index (χ0n) is 24.9. The number of likely N-dealkylation sites (N-methyl/N-ethyl adjacent to an activating group) is 1. The molecule has 6 heterocycles. The lowest BCUT2D eigenvalue weighted by Gasteiger charge is -2.39. The molecule has 10 nitrogen and oxygen atoms in total. The van der Waals surface area contributed by atoms with Gasteiger partial charge in [-0.15, -0.1) is 11.3 Å². The number of aryl methyl sites for hydroxylation is 1. The normalized spacial score (nSPS) is 28.9. The molecular weight excluding hydrogens is 564 g/mol. The topological polar surface area (TPSA) is 133 Å². The molecule has 0 amide bonds. The van der Waals surface area contributed by atoms with Gasteiger partial charge in [-0.25, -0.2) is 4.98 Å². The van der Waals surface area contributed by atoms with E-state index in [1.807, 2.05) is 0 Å². The van der Waals surface area contributed by atoms with Crippen LogP contribution in [0.15, 0.2) is 4.52 Å². The number of hydrogen-bond donors (Lipinski definition) is 1. The maximum Gasteiger partial charge on any atom is 0.221 e. The lowest BCUT2D eigenvalue weighted by Crippen LogP contribution is -2.40. The predicted octanol–water partition coefficient (Wildman–Crippen LogP) is 4.66. The third-order valence-electron chi connectivity index (χ3n) is 10.6. The summed E-state index contributed by atoms with van der Waals surface area (Å²) in [5, 5.41) is 15.4. The van der Waals surface area contributed by atoms with Gasteiger partial charge in [-0.2, -0.15) is 10.2 Å². The van der Waals surface area contributed by atoms with Crippen LogP contribution >= 0.6 is 11.3 Å². The van der Waals surface area contributed by atoms with Crippen LogP contribution in [0.1, 0.15) is 90.5 Å². The molecular formula is C32H38N6O4S. The van der Waals surface area contributed by atoms with E-state index in [1.165, 1.54) is 11.3 Å². The van der Waals surface area contributed by atoms with Crippen LogP contribution in [0.5, 0.6) is 5.88 Å². The number of likely N-dealkylation sites (tertiary alicyclic amines) is 1. The van der Waals surface area contributed by atoms with Gasteiger partial charge in [-0.05, 0) is 77.4 Å². The average molecular weight is 603 g/mol. The number of hydrogen-bond acceptors (Lipinski definition) is 11. The largest absolute Gasteiger partial charge is 0.473 e. The van der Waals surface area contributed by atoms with Crippen LogP contribution in [-0.4, -0.2) is 65.6 Å². The molecule has 0 unspecified atom stereocenters. The SMILES string of the molecule is C[C@H](Oc1nc(-c2noc3c2CCC[C@@]32CCCc3sc(N)c(C#N)c32)nc2c1CCO[C@@]21CCOC1)[C@@H]1CCCN1C. The van der Waals surface area contributed by atoms with E-state index in [2.05, 4.69) is 30.1 Å². The van der Waals surface area contributed by atoms with Crippen LogP contribution in [0.3, 0.4) is 0 Å². The lowest BCUT2D eigenvalue weighted by atomic mass is 9.63. The minimum Gasteiger partial charge on any atom is -0.473 e. The molecule has 5 aliphatic rings. The van der Waals surface area contributed by atoms with Gasteiger partial charge in [-0.3, -0.25) is 4.90 Å². The molecule has 0 aromatic carbocycles. The molecule has 4 atom stereocenters. The molecule has 3 aliphatic heterocycles. The Hall–Kier alpha value is -3.04. The first-order chi connectivity index (χ1) is 20.9. The molecule has 2 fully saturated rings. The number of ether oxygens (including phenoxy) is 3. The van der Waals surface area contributed by atoms with Crippen molar-refractivity contribution < 1.29 is 18.7 Å². The Morgan fingerprint density at radius 3 is 2.74 bits per heavy atom. The molecule has 3 aromatic rings. The number of nitrogen functional groups attached to an aromatic ring is 1. The van der Waals surface area contributed by atoms with E-state index in [0.29, 0.717) is 60.2 Å². The molecule has 0 bridgehead atoms. The molecule has 11 heteroatoms.